The van der Waals surface area contributed by atoms with Crippen LogP contribution in [0.1, 0.15) is 37.1 Å². The van der Waals surface area contributed by atoms with Crippen LogP contribution < -0.4 is 15.4 Å². The maximum Gasteiger partial charge on any atom is 0.319 e. The first-order valence-corrected chi connectivity index (χ1v) is 9.18. The Hall–Kier alpha value is -2.34. The van der Waals surface area contributed by atoms with Crippen LogP contribution in [-0.2, 0) is 0 Å². The Morgan fingerprint density at radius 2 is 1.69 bits per heavy atom. The molecule has 1 fully saturated rings. The van der Waals surface area contributed by atoms with Crippen molar-refractivity contribution in [1.82, 2.24) is 15.3 Å². The summed E-state index contributed by atoms with van der Waals surface area (Å²) in [5.74, 6) is 0. The third-order valence-corrected chi connectivity index (χ3v) is 4.60. The molecule has 3 rings (SSSR count). The van der Waals surface area contributed by atoms with E-state index in [0.29, 0.717) is 11.0 Å². The van der Waals surface area contributed by atoms with Crippen LogP contribution in [0.2, 0.25) is 5.02 Å². The molecular weight excluding hydrogens is 352 g/mol. The van der Waals surface area contributed by atoms with Crippen molar-refractivity contribution < 1.29 is 9.53 Å². The summed E-state index contributed by atoms with van der Waals surface area (Å²) in [6, 6.07) is 9.35. The summed E-state index contributed by atoms with van der Waals surface area (Å²) in [6.07, 6.45) is 3.55. The van der Waals surface area contributed by atoms with E-state index in [-0.39, 0.29) is 18.2 Å². The number of hydrogen-bond acceptors (Lipinski definition) is 4. The number of carbonyl (C=O) groups excluding carboxylic acids is 1. The van der Waals surface area contributed by atoms with Crippen LogP contribution >= 0.6 is 11.6 Å². The van der Waals surface area contributed by atoms with Crippen molar-refractivity contribution in [1.29, 1.82) is 0 Å². The topological polar surface area (TPSA) is 76.1 Å². The third-order valence-electron chi connectivity index (χ3n) is 4.35. The highest BCUT2D eigenvalue weighted by Crippen LogP contribution is 2.23. The van der Waals surface area contributed by atoms with E-state index in [1.165, 1.54) is 0 Å². The molecule has 0 aliphatic heterocycles. The molecule has 7 heteroatoms. The number of benzene rings is 1. The molecule has 1 aromatic carbocycles. The van der Waals surface area contributed by atoms with Crippen LogP contribution in [0, 0.1) is 13.8 Å². The highest BCUT2D eigenvalue weighted by atomic mass is 35.5. The van der Waals surface area contributed by atoms with Gasteiger partial charge in [-0.1, -0.05) is 11.6 Å². The van der Waals surface area contributed by atoms with Gasteiger partial charge in [-0.3, -0.25) is 0 Å². The van der Waals surface area contributed by atoms with Crippen LogP contribution in [0.5, 0.6) is 6.01 Å². The lowest BCUT2D eigenvalue weighted by Gasteiger charge is -2.29. The Kier molecular flexibility index (Phi) is 5.93. The lowest BCUT2D eigenvalue weighted by Crippen LogP contribution is -2.41. The Morgan fingerprint density at radius 3 is 2.31 bits per heavy atom. The smallest absolute Gasteiger partial charge is 0.319 e. The lowest BCUT2D eigenvalue weighted by atomic mass is 9.93. The van der Waals surface area contributed by atoms with Gasteiger partial charge >= 0.3 is 12.0 Å². The van der Waals surface area contributed by atoms with Crippen molar-refractivity contribution >= 4 is 23.3 Å². The number of urea groups is 1. The second kappa shape index (κ2) is 8.36. The zero-order valence-corrected chi connectivity index (χ0v) is 15.7. The number of aryl methyl sites for hydroxylation is 2. The molecule has 1 aliphatic rings. The Bertz CT molecular complexity index is 738. The molecule has 0 unspecified atom stereocenters. The van der Waals surface area contributed by atoms with Crippen molar-refractivity contribution in [2.45, 2.75) is 51.7 Å². The standard InChI is InChI=1S/C19H23ClN4O2/c1-12-11-13(2)22-19(21-12)26-17-9-7-16(8-10-17)24-18(25)23-15-5-3-14(20)4-6-15/h3-6,11,16-17H,7-10H2,1-2H3,(H2,23,24,25). The number of ether oxygens (including phenoxy) is 1. The van der Waals surface area contributed by atoms with E-state index in [4.69, 9.17) is 16.3 Å². The van der Waals surface area contributed by atoms with E-state index < -0.39 is 0 Å². The van der Waals surface area contributed by atoms with Crippen LogP contribution in [0.4, 0.5) is 10.5 Å². The summed E-state index contributed by atoms with van der Waals surface area (Å²) in [4.78, 5) is 20.8. The molecule has 2 aromatic rings. The van der Waals surface area contributed by atoms with Crippen molar-refractivity contribution in [2.75, 3.05) is 5.32 Å². The first kappa shape index (κ1) is 18.5. The van der Waals surface area contributed by atoms with E-state index in [1.54, 1.807) is 24.3 Å². The quantitative estimate of drug-likeness (QED) is 0.838. The summed E-state index contributed by atoms with van der Waals surface area (Å²) in [7, 11) is 0. The highest BCUT2D eigenvalue weighted by Gasteiger charge is 2.24. The molecule has 1 saturated carbocycles. The van der Waals surface area contributed by atoms with Gasteiger partial charge in [-0.25, -0.2) is 14.8 Å². The first-order chi connectivity index (χ1) is 12.5. The number of rotatable bonds is 4. The van der Waals surface area contributed by atoms with Gasteiger partial charge in [0.25, 0.3) is 0 Å². The summed E-state index contributed by atoms with van der Waals surface area (Å²) in [5.41, 5.74) is 2.53. The largest absolute Gasteiger partial charge is 0.460 e. The van der Waals surface area contributed by atoms with E-state index in [2.05, 4.69) is 20.6 Å². The van der Waals surface area contributed by atoms with Gasteiger partial charge in [0.05, 0.1) is 0 Å². The van der Waals surface area contributed by atoms with Crippen molar-refractivity contribution in [3.63, 3.8) is 0 Å². The van der Waals surface area contributed by atoms with Crippen molar-refractivity contribution in [3.8, 4) is 6.01 Å². The first-order valence-electron chi connectivity index (χ1n) is 8.80. The number of halogens is 1. The molecule has 0 radical (unpaired) electrons. The van der Waals surface area contributed by atoms with Crippen molar-refractivity contribution in [2.24, 2.45) is 0 Å². The van der Waals surface area contributed by atoms with Gasteiger partial charge in [-0.05, 0) is 69.9 Å². The van der Waals surface area contributed by atoms with E-state index in [0.717, 1.165) is 42.8 Å². The monoisotopic (exact) mass is 374 g/mol. The number of aromatic nitrogens is 2. The molecule has 2 N–H and O–H groups in total. The van der Waals surface area contributed by atoms with Crippen LogP contribution in [-0.4, -0.2) is 28.1 Å². The second-order valence-corrected chi connectivity index (χ2v) is 7.07. The fourth-order valence-electron chi connectivity index (χ4n) is 3.11. The van der Waals surface area contributed by atoms with Gasteiger partial charge in [0.1, 0.15) is 6.10 Å². The Labute approximate surface area is 158 Å². The summed E-state index contributed by atoms with van der Waals surface area (Å²) in [5, 5.41) is 6.48. The maximum atomic E-state index is 12.1. The predicted molar refractivity (Wildman–Crippen MR) is 102 cm³/mol. The van der Waals surface area contributed by atoms with Gasteiger partial charge in [-0.2, -0.15) is 0 Å². The molecule has 6 nitrogen and oxygen atoms in total. The van der Waals surface area contributed by atoms with E-state index >= 15 is 0 Å². The summed E-state index contributed by atoms with van der Waals surface area (Å²) in [6.45, 7) is 3.86. The molecule has 2 amide bonds. The number of anilines is 1. The van der Waals surface area contributed by atoms with Gasteiger partial charge in [0.2, 0.25) is 0 Å². The summed E-state index contributed by atoms with van der Waals surface area (Å²) < 4.78 is 5.91. The van der Waals surface area contributed by atoms with Crippen LogP contribution in [0.3, 0.4) is 0 Å². The average Bonchev–Trinajstić information content (AvgIpc) is 2.58. The molecule has 0 spiro atoms. The van der Waals surface area contributed by atoms with Gasteiger partial charge in [0, 0.05) is 28.1 Å². The minimum Gasteiger partial charge on any atom is -0.460 e. The Morgan fingerprint density at radius 1 is 1.08 bits per heavy atom. The number of carbonyl (C=O) groups is 1. The molecule has 0 saturated heterocycles. The van der Waals surface area contributed by atoms with E-state index in [1.807, 2.05) is 19.9 Å². The highest BCUT2D eigenvalue weighted by molar-refractivity contribution is 6.30. The fourth-order valence-corrected chi connectivity index (χ4v) is 3.23. The molecule has 138 valence electrons. The maximum absolute atomic E-state index is 12.1. The number of nitrogens with one attached hydrogen (secondary N) is 2. The van der Waals surface area contributed by atoms with Gasteiger partial charge in [0.15, 0.2) is 0 Å². The van der Waals surface area contributed by atoms with Crippen LogP contribution in [0.15, 0.2) is 30.3 Å². The van der Waals surface area contributed by atoms with Crippen LogP contribution in [0.25, 0.3) is 0 Å². The molecule has 0 atom stereocenters. The van der Waals surface area contributed by atoms with Gasteiger partial charge in [-0.15, -0.1) is 0 Å². The molecule has 0 bridgehead atoms. The minimum atomic E-state index is -0.200. The van der Waals surface area contributed by atoms with Gasteiger partial charge < -0.3 is 15.4 Å². The van der Waals surface area contributed by atoms with Crippen molar-refractivity contribution in [3.05, 3.63) is 46.7 Å². The number of amides is 2. The normalized spacial score (nSPS) is 19.7. The molecule has 1 aromatic heterocycles. The minimum absolute atomic E-state index is 0.0913. The Balaban J connectivity index is 1.44. The van der Waals surface area contributed by atoms with E-state index in [9.17, 15) is 4.79 Å². The zero-order valence-electron chi connectivity index (χ0n) is 15.0. The SMILES string of the molecule is Cc1cc(C)nc(OC2CCC(NC(=O)Nc3ccc(Cl)cc3)CC2)n1. The summed E-state index contributed by atoms with van der Waals surface area (Å²) >= 11 is 5.84. The predicted octanol–water partition coefficient (Wildman–Crippen LogP) is 4.26. The third kappa shape index (κ3) is 5.33. The lowest BCUT2D eigenvalue weighted by molar-refractivity contribution is 0.129. The number of nitrogens with zero attached hydrogens (tertiary/aromatic N) is 2. The molecule has 1 heterocycles. The molecular formula is C19H23ClN4O2. The zero-order chi connectivity index (χ0) is 18.5. The molecule has 1 aliphatic carbocycles. The number of hydrogen-bond donors (Lipinski definition) is 2. The average molecular weight is 375 g/mol. The molecule has 26 heavy (non-hydrogen) atoms. The fraction of sp³-hybridized carbons (Fsp3) is 0.421. The second-order valence-electron chi connectivity index (χ2n) is 6.63.